The van der Waals surface area contributed by atoms with Gasteiger partial charge in [-0.2, -0.15) is 0 Å². The van der Waals surface area contributed by atoms with E-state index in [1.54, 1.807) is 12.1 Å². The number of carbonyl (C=O) groups is 2. The Bertz CT molecular complexity index is 432. The maximum absolute atomic E-state index is 11.5. The van der Waals surface area contributed by atoms with Crippen LogP contribution in [0.25, 0.3) is 0 Å². The first kappa shape index (κ1) is 8.94. The summed E-state index contributed by atoms with van der Waals surface area (Å²) in [5.41, 5.74) is 2.58. The molecule has 3 heteroatoms. The lowest BCUT2D eigenvalue weighted by molar-refractivity contribution is -0.133. The van der Waals surface area contributed by atoms with E-state index in [0.29, 0.717) is 11.3 Å². The predicted molar refractivity (Wildman–Crippen MR) is 50.5 cm³/mol. The molecule has 0 unspecified atom stereocenters. The molecule has 0 bridgehead atoms. The highest BCUT2D eigenvalue weighted by molar-refractivity contribution is 6.11. The van der Waals surface area contributed by atoms with Crippen LogP contribution in [0.2, 0.25) is 0 Å². The molecule has 0 N–H and O–H groups in total. The largest absolute Gasteiger partial charge is 0.425 e. The Balaban J connectivity index is 2.60. The van der Waals surface area contributed by atoms with Crippen molar-refractivity contribution in [3.63, 3.8) is 0 Å². The fourth-order valence-electron chi connectivity index (χ4n) is 1.48. The number of carbonyl (C=O) groups excluding carboxylic acids is 2. The molecule has 0 saturated heterocycles. The fraction of sp³-hybridized carbons (Fsp3) is 0.273. The second-order valence-electron chi connectivity index (χ2n) is 3.51. The molecule has 2 rings (SSSR count). The number of rotatable bonds is 0. The van der Waals surface area contributed by atoms with Gasteiger partial charge in [-0.15, -0.1) is 0 Å². The first-order chi connectivity index (χ1) is 6.58. The van der Waals surface area contributed by atoms with Gasteiger partial charge >= 0.3 is 5.97 Å². The van der Waals surface area contributed by atoms with Crippen LogP contribution in [-0.2, 0) is 4.79 Å². The van der Waals surface area contributed by atoms with Gasteiger partial charge in [0.1, 0.15) is 12.2 Å². The molecule has 1 aromatic rings. The monoisotopic (exact) mass is 190 g/mol. The van der Waals surface area contributed by atoms with Crippen molar-refractivity contribution in [3.8, 4) is 5.75 Å². The molecule has 0 fully saturated rings. The van der Waals surface area contributed by atoms with E-state index in [0.717, 1.165) is 11.1 Å². The number of Topliss-reactive ketones (excluding diaryl/α,β-unsaturated/α-hetero) is 1. The molecule has 0 radical (unpaired) electrons. The molecule has 0 atom stereocenters. The Kier molecular flexibility index (Phi) is 1.88. The highest BCUT2D eigenvalue weighted by atomic mass is 16.5. The number of ketones is 1. The smallest absolute Gasteiger partial charge is 0.319 e. The number of ether oxygens (including phenoxy) is 1. The Morgan fingerprint density at radius 1 is 1.14 bits per heavy atom. The SMILES string of the molecule is Cc1cc2c(cc1C)C(=O)CC(=O)O2. The first-order valence-corrected chi connectivity index (χ1v) is 4.43. The molecular formula is C11H10O3. The van der Waals surface area contributed by atoms with Gasteiger partial charge in [0.25, 0.3) is 0 Å². The van der Waals surface area contributed by atoms with E-state index in [-0.39, 0.29) is 12.2 Å². The maximum Gasteiger partial charge on any atom is 0.319 e. The third-order valence-electron chi connectivity index (χ3n) is 2.43. The zero-order valence-corrected chi connectivity index (χ0v) is 8.09. The van der Waals surface area contributed by atoms with Gasteiger partial charge in [0.05, 0.1) is 5.56 Å². The summed E-state index contributed by atoms with van der Waals surface area (Å²) in [7, 11) is 0. The Labute approximate surface area is 81.7 Å². The van der Waals surface area contributed by atoms with Gasteiger partial charge in [-0.25, -0.2) is 0 Å². The highest BCUT2D eigenvalue weighted by Crippen LogP contribution is 2.28. The number of benzene rings is 1. The predicted octanol–water partition coefficient (Wildman–Crippen LogP) is 1.80. The summed E-state index contributed by atoms with van der Waals surface area (Å²) < 4.78 is 4.98. The molecule has 3 nitrogen and oxygen atoms in total. The minimum absolute atomic E-state index is 0.143. The van der Waals surface area contributed by atoms with Gasteiger partial charge in [-0.1, -0.05) is 0 Å². The minimum Gasteiger partial charge on any atom is -0.425 e. The summed E-state index contributed by atoms with van der Waals surface area (Å²) in [4.78, 5) is 22.4. The van der Waals surface area contributed by atoms with Crippen molar-refractivity contribution in [3.05, 3.63) is 28.8 Å². The van der Waals surface area contributed by atoms with Crippen LogP contribution in [0.15, 0.2) is 12.1 Å². The van der Waals surface area contributed by atoms with Gasteiger partial charge in [0.2, 0.25) is 0 Å². The highest BCUT2D eigenvalue weighted by Gasteiger charge is 2.25. The molecule has 0 saturated carbocycles. The van der Waals surface area contributed by atoms with Crippen LogP contribution in [0.5, 0.6) is 5.75 Å². The zero-order valence-electron chi connectivity index (χ0n) is 8.09. The summed E-state index contributed by atoms with van der Waals surface area (Å²) in [6, 6.07) is 3.51. The van der Waals surface area contributed by atoms with Crippen molar-refractivity contribution in [2.45, 2.75) is 20.3 Å². The lowest BCUT2D eigenvalue weighted by Gasteiger charge is -2.15. The van der Waals surface area contributed by atoms with Crippen molar-refractivity contribution in [2.24, 2.45) is 0 Å². The molecule has 14 heavy (non-hydrogen) atoms. The molecule has 1 aliphatic rings. The maximum atomic E-state index is 11.5. The number of hydrogen-bond acceptors (Lipinski definition) is 3. The second kappa shape index (κ2) is 2.94. The van der Waals surface area contributed by atoms with Crippen LogP contribution in [0, 0.1) is 13.8 Å². The summed E-state index contributed by atoms with van der Waals surface area (Å²) >= 11 is 0. The van der Waals surface area contributed by atoms with Crippen molar-refractivity contribution in [1.29, 1.82) is 0 Å². The lowest BCUT2D eigenvalue weighted by atomic mass is 9.99. The lowest BCUT2D eigenvalue weighted by Crippen LogP contribution is -2.21. The van der Waals surface area contributed by atoms with Gasteiger partial charge < -0.3 is 4.74 Å². The molecule has 0 aliphatic carbocycles. The first-order valence-electron chi connectivity index (χ1n) is 4.43. The van der Waals surface area contributed by atoms with Gasteiger partial charge in [0.15, 0.2) is 5.78 Å². The number of hydrogen-bond donors (Lipinski definition) is 0. The van der Waals surface area contributed by atoms with Gasteiger partial charge in [-0.3, -0.25) is 9.59 Å². The quantitative estimate of drug-likeness (QED) is 0.356. The van der Waals surface area contributed by atoms with Crippen LogP contribution in [0.1, 0.15) is 27.9 Å². The van der Waals surface area contributed by atoms with Crippen LogP contribution < -0.4 is 4.74 Å². The molecule has 1 aliphatic heterocycles. The van der Waals surface area contributed by atoms with E-state index >= 15 is 0 Å². The van der Waals surface area contributed by atoms with Gasteiger partial charge in [-0.05, 0) is 37.1 Å². The fourth-order valence-corrected chi connectivity index (χ4v) is 1.48. The van der Waals surface area contributed by atoms with Gasteiger partial charge in [0, 0.05) is 0 Å². The number of fused-ring (bicyclic) bond motifs is 1. The molecule has 0 aromatic heterocycles. The second-order valence-corrected chi connectivity index (χ2v) is 3.51. The van der Waals surface area contributed by atoms with E-state index in [1.807, 2.05) is 13.8 Å². The van der Waals surface area contributed by atoms with Crippen LogP contribution >= 0.6 is 0 Å². The number of esters is 1. The molecule has 1 heterocycles. The topological polar surface area (TPSA) is 43.4 Å². The standard InChI is InChI=1S/C11H10O3/c1-6-3-8-9(12)5-11(13)14-10(8)4-7(6)2/h3-4H,5H2,1-2H3. The van der Waals surface area contributed by atoms with Crippen molar-refractivity contribution in [2.75, 3.05) is 0 Å². The summed E-state index contributed by atoms with van der Waals surface area (Å²) in [6.07, 6.45) is -0.143. The third kappa shape index (κ3) is 1.31. The van der Waals surface area contributed by atoms with E-state index in [1.165, 1.54) is 0 Å². The minimum atomic E-state index is -0.467. The molecule has 72 valence electrons. The molecule has 1 aromatic carbocycles. The van der Waals surface area contributed by atoms with Crippen molar-refractivity contribution >= 4 is 11.8 Å². The van der Waals surface area contributed by atoms with Crippen molar-refractivity contribution < 1.29 is 14.3 Å². The van der Waals surface area contributed by atoms with E-state index in [2.05, 4.69) is 0 Å². The van der Waals surface area contributed by atoms with E-state index in [4.69, 9.17) is 4.74 Å². The van der Waals surface area contributed by atoms with E-state index in [9.17, 15) is 9.59 Å². The average molecular weight is 190 g/mol. The third-order valence-corrected chi connectivity index (χ3v) is 2.43. The van der Waals surface area contributed by atoms with Crippen LogP contribution in [0.3, 0.4) is 0 Å². The number of aryl methyl sites for hydroxylation is 2. The molecule has 0 amide bonds. The summed E-state index contributed by atoms with van der Waals surface area (Å²) in [5, 5.41) is 0. The Hall–Kier alpha value is -1.64. The summed E-state index contributed by atoms with van der Waals surface area (Å²) in [6.45, 7) is 3.85. The Morgan fingerprint density at radius 3 is 2.50 bits per heavy atom. The zero-order chi connectivity index (χ0) is 10.3. The molecule has 0 spiro atoms. The normalized spacial score (nSPS) is 15.0. The van der Waals surface area contributed by atoms with Crippen LogP contribution in [-0.4, -0.2) is 11.8 Å². The van der Waals surface area contributed by atoms with E-state index < -0.39 is 5.97 Å². The molecular weight excluding hydrogens is 180 g/mol. The Morgan fingerprint density at radius 2 is 1.79 bits per heavy atom. The van der Waals surface area contributed by atoms with Crippen molar-refractivity contribution in [1.82, 2.24) is 0 Å². The summed E-state index contributed by atoms with van der Waals surface area (Å²) in [5.74, 6) is -0.223. The average Bonchev–Trinajstić information content (AvgIpc) is 2.08. The van der Waals surface area contributed by atoms with Crippen LogP contribution in [0.4, 0.5) is 0 Å².